The van der Waals surface area contributed by atoms with E-state index >= 15 is 0 Å². The van der Waals surface area contributed by atoms with E-state index in [1.54, 1.807) is 0 Å². The Bertz CT molecular complexity index is 650. The van der Waals surface area contributed by atoms with Crippen molar-refractivity contribution in [2.75, 3.05) is 5.32 Å². The van der Waals surface area contributed by atoms with Crippen molar-refractivity contribution >= 4 is 11.6 Å². The second kappa shape index (κ2) is 7.91. The third-order valence-electron chi connectivity index (χ3n) is 3.17. The number of carbonyl (C=O) groups excluding carboxylic acids is 1. The summed E-state index contributed by atoms with van der Waals surface area (Å²) < 4.78 is 0. The Morgan fingerprint density at radius 3 is 2.52 bits per heavy atom. The molecule has 0 saturated heterocycles. The molecule has 1 amide bonds. The first kappa shape index (κ1) is 14.9. The average molecular weight is 277 g/mol. The molecule has 2 rings (SSSR count). The lowest BCUT2D eigenvalue weighted by Crippen LogP contribution is -2.11. The summed E-state index contributed by atoms with van der Waals surface area (Å²) in [5.74, 6) is 5.85. The SMILES string of the molecule is CC#CCCCC(=O)Nc1ccccc1-c1ccccc1. The molecule has 0 fully saturated rings. The molecular formula is C19H19NO. The Morgan fingerprint density at radius 2 is 1.76 bits per heavy atom. The normalized spacial score (nSPS) is 9.57. The standard InChI is InChI=1S/C19H19NO/c1-2-3-4-8-15-19(21)20-18-14-10-9-13-17(18)16-11-6-5-7-12-16/h5-7,9-14H,4,8,15H2,1H3,(H,20,21). The van der Waals surface area contributed by atoms with E-state index in [0.717, 1.165) is 29.7 Å². The Labute approximate surface area is 126 Å². The molecule has 0 spiro atoms. The maximum atomic E-state index is 12.0. The molecule has 0 radical (unpaired) electrons. The van der Waals surface area contributed by atoms with Crippen LogP contribution in [0.25, 0.3) is 11.1 Å². The highest BCUT2D eigenvalue weighted by atomic mass is 16.1. The number of hydrogen-bond donors (Lipinski definition) is 1. The Kier molecular flexibility index (Phi) is 5.60. The van der Waals surface area contributed by atoms with Gasteiger partial charge in [0.05, 0.1) is 0 Å². The fourth-order valence-corrected chi connectivity index (χ4v) is 2.14. The minimum Gasteiger partial charge on any atom is -0.326 e. The molecule has 2 aromatic carbocycles. The summed E-state index contributed by atoms with van der Waals surface area (Å²) in [5, 5.41) is 3.00. The molecule has 2 aromatic rings. The molecule has 1 N–H and O–H groups in total. The molecule has 0 aliphatic rings. The van der Waals surface area contributed by atoms with Gasteiger partial charge in [0.1, 0.15) is 0 Å². The van der Waals surface area contributed by atoms with Crippen LogP contribution in [0.4, 0.5) is 5.69 Å². The quantitative estimate of drug-likeness (QED) is 0.633. The number of hydrogen-bond acceptors (Lipinski definition) is 1. The maximum Gasteiger partial charge on any atom is 0.224 e. The van der Waals surface area contributed by atoms with E-state index in [0.29, 0.717) is 6.42 Å². The lowest BCUT2D eigenvalue weighted by molar-refractivity contribution is -0.116. The van der Waals surface area contributed by atoms with Crippen LogP contribution in [0.2, 0.25) is 0 Å². The summed E-state index contributed by atoms with van der Waals surface area (Å²) in [6.45, 7) is 1.82. The van der Waals surface area contributed by atoms with Crippen molar-refractivity contribution in [1.29, 1.82) is 0 Å². The highest BCUT2D eigenvalue weighted by Crippen LogP contribution is 2.27. The van der Waals surface area contributed by atoms with Gasteiger partial charge in [0.2, 0.25) is 5.91 Å². The van der Waals surface area contributed by atoms with Crippen molar-refractivity contribution in [1.82, 2.24) is 0 Å². The Morgan fingerprint density at radius 1 is 1.05 bits per heavy atom. The summed E-state index contributed by atoms with van der Waals surface area (Å²) in [4.78, 5) is 12.0. The molecule has 106 valence electrons. The molecule has 0 atom stereocenters. The average Bonchev–Trinajstić information content (AvgIpc) is 2.53. The van der Waals surface area contributed by atoms with Gasteiger partial charge in [-0.3, -0.25) is 4.79 Å². The predicted molar refractivity (Wildman–Crippen MR) is 87.8 cm³/mol. The lowest BCUT2D eigenvalue weighted by Gasteiger charge is -2.11. The highest BCUT2D eigenvalue weighted by molar-refractivity contribution is 5.95. The molecular weight excluding hydrogens is 258 g/mol. The van der Waals surface area contributed by atoms with Crippen molar-refractivity contribution in [2.45, 2.75) is 26.2 Å². The Balaban J connectivity index is 2.06. The van der Waals surface area contributed by atoms with Crippen molar-refractivity contribution < 1.29 is 4.79 Å². The number of nitrogens with one attached hydrogen (secondary N) is 1. The predicted octanol–water partition coefficient (Wildman–Crippen LogP) is 4.49. The molecule has 0 heterocycles. The van der Waals surface area contributed by atoms with Crippen LogP contribution in [0, 0.1) is 11.8 Å². The molecule has 2 heteroatoms. The number of amides is 1. The second-order valence-corrected chi connectivity index (χ2v) is 4.74. The summed E-state index contributed by atoms with van der Waals surface area (Å²) in [7, 11) is 0. The summed E-state index contributed by atoms with van der Waals surface area (Å²) in [5.41, 5.74) is 3.00. The van der Waals surface area contributed by atoms with E-state index in [1.165, 1.54) is 0 Å². The zero-order valence-corrected chi connectivity index (χ0v) is 12.2. The number of anilines is 1. The van der Waals surface area contributed by atoms with Crippen LogP contribution < -0.4 is 5.32 Å². The van der Waals surface area contributed by atoms with Gasteiger partial charge in [0.25, 0.3) is 0 Å². The van der Waals surface area contributed by atoms with Crippen LogP contribution in [-0.2, 0) is 4.79 Å². The van der Waals surface area contributed by atoms with Gasteiger partial charge in [0.15, 0.2) is 0 Å². The number of carbonyl (C=O) groups is 1. The van der Waals surface area contributed by atoms with Crippen LogP contribution in [0.15, 0.2) is 54.6 Å². The minimum atomic E-state index is 0.0382. The van der Waals surface area contributed by atoms with Gasteiger partial charge in [-0.2, -0.15) is 0 Å². The largest absolute Gasteiger partial charge is 0.326 e. The molecule has 0 aromatic heterocycles. The fourth-order valence-electron chi connectivity index (χ4n) is 2.14. The number of rotatable bonds is 5. The molecule has 0 aliphatic carbocycles. The van der Waals surface area contributed by atoms with E-state index in [-0.39, 0.29) is 5.91 Å². The van der Waals surface area contributed by atoms with Crippen molar-refractivity contribution in [2.24, 2.45) is 0 Å². The van der Waals surface area contributed by atoms with E-state index in [4.69, 9.17) is 0 Å². The van der Waals surface area contributed by atoms with Crippen LogP contribution in [0.5, 0.6) is 0 Å². The molecule has 0 aliphatic heterocycles. The third-order valence-corrected chi connectivity index (χ3v) is 3.17. The third kappa shape index (κ3) is 4.50. The number of para-hydroxylation sites is 1. The van der Waals surface area contributed by atoms with Crippen molar-refractivity contribution in [3.8, 4) is 23.0 Å². The number of benzene rings is 2. The molecule has 0 saturated carbocycles. The topological polar surface area (TPSA) is 29.1 Å². The van der Waals surface area contributed by atoms with E-state index < -0.39 is 0 Å². The van der Waals surface area contributed by atoms with Gasteiger partial charge in [0, 0.05) is 24.1 Å². The van der Waals surface area contributed by atoms with E-state index in [1.807, 2.05) is 61.5 Å². The summed E-state index contributed by atoms with van der Waals surface area (Å²) in [6.07, 6.45) is 2.06. The molecule has 2 nitrogen and oxygen atoms in total. The minimum absolute atomic E-state index is 0.0382. The van der Waals surface area contributed by atoms with Crippen LogP contribution in [0.1, 0.15) is 26.2 Å². The zero-order chi connectivity index (χ0) is 14.9. The van der Waals surface area contributed by atoms with Gasteiger partial charge >= 0.3 is 0 Å². The van der Waals surface area contributed by atoms with Gasteiger partial charge in [-0.15, -0.1) is 11.8 Å². The van der Waals surface area contributed by atoms with E-state index in [2.05, 4.69) is 17.2 Å². The second-order valence-electron chi connectivity index (χ2n) is 4.74. The molecule has 0 bridgehead atoms. The first-order valence-corrected chi connectivity index (χ1v) is 7.15. The van der Waals surface area contributed by atoms with Gasteiger partial charge in [-0.25, -0.2) is 0 Å². The monoisotopic (exact) mass is 277 g/mol. The Hall–Kier alpha value is -2.53. The lowest BCUT2D eigenvalue weighted by atomic mass is 10.0. The molecule has 21 heavy (non-hydrogen) atoms. The van der Waals surface area contributed by atoms with E-state index in [9.17, 15) is 4.79 Å². The first-order chi connectivity index (χ1) is 10.3. The first-order valence-electron chi connectivity index (χ1n) is 7.15. The van der Waals surface area contributed by atoms with Crippen LogP contribution >= 0.6 is 0 Å². The van der Waals surface area contributed by atoms with Gasteiger partial charge in [-0.1, -0.05) is 48.5 Å². The highest BCUT2D eigenvalue weighted by Gasteiger charge is 2.07. The van der Waals surface area contributed by atoms with Crippen molar-refractivity contribution in [3.63, 3.8) is 0 Å². The molecule has 0 unspecified atom stereocenters. The maximum absolute atomic E-state index is 12.0. The van der Waals surface area contributed by atoms with Crippen molar-refractivity contribution in [3.05, 3.63) is 54.6 Å². The van der Waals surface area contributed by atoms with Gasteiger partial charge < -0.3 is 5.32 Å². The summed E-state index contributed by atoms with van der Waals surface area (Å²) in [6, 6.07) is 17.9. The smallest absolute Gasteiger partial charge is 0.224 e. The van der Waals surface area contributed by atoms with Crippen LogP contribution in [-0.4, -0.2) is 5.91 Å². The summed E-state index contributed by atoms with van der Waals surface area (Å²) >= 11 is 0. The van der Waals surface area contributed by atoms with Gasteiger partial charge in [-0.05, 0) is 25.0 Å². The van der Waals surface area contributed by atoms with Crippen LogP contribution in [0.3, 0.4) is 0 Å². The zero-order valence-electron chi connectivity index (χ0n) is 12.2. The fraction of sp³-hybridized carbons (Fsp3) is 0.211. The number of unbranched alkanes of at least 4 members (excludes halogenated alkanes) is 1.